The van der Waals surface area contributed by atoms with E-state index in [1.807, 2.05) is 0 Å². The molecule has 0 radical (unpaired) electrons. The van der Waals surface area contributed by atoms with Crippen molar-refractivity contribution in [2.24, 2.45) is 4.99 Å². The van der Waals surface area contributed by atoms with E-state index in [9.17, 15) is 0 Å². The molecule has 182 valence electrons. The molecule has 6 nitrogen and oxygen atoms in total. The Hall–Kier alpha value is -0.120. The summed E-state index contributed by atoms with van der Waals surface area (Å²) in [6.45, 7) is 10.6. The van der Waals surface area contributed by atoms with Gasteiger partial charge in [0.05, 0.1) is 12.6 Å². The van der Waals surface area contributed by atoms with E-state index in [0.29, 0.717) is 6.10 Å². The lowest BCUT2D eigenvalue weighted by Crippen LogP contribution is -2.58. The third-order valence-corrected chi connectivity index (χ3v) is 7.34. The Morgan fingerprint density at radius 2 is 1.65 bits per heavy atom. The van der Waals surface area contributed by atoms with Crippen molar-refractivity contribution in [3.63, 3.8) is 0 Å². The van der Waals surface area contributed by atoms with Gasteiger partial charge in [0, 0.05) is 25.2 Å². The third-order valence-electron chi connectivity index (χ3n) is 7.34. The molecule has 1 saturated carbocycles. The average molecular weight is 550 g/mol. The Morgan fingerprint density at radius 1 is 0.968 bits per heavy atom. The van der Waals surface area contributed by atoms with Gasteiger partial charge in [-0.2, -0.15) is 0 Å². The molecule has 2 heterocycles. The minimum absolute atomic E-state index is 0. The van der Waals surface area contributed by atoms with Crippen LogP contribution in [0.25, 0.3) is 0 Å². The van der Waals surface area contributed by atoms with Crippen molar-refractivity contribution < 1.29 is 4.74 Å². The molecule has 2 aliphatic heterocycles. The van der Waals surface area contributed by atoms with E-state index < -0.39 is 0 Å². The van der Waals surface area contributed by atoms with Crippen LogP contribution in [0.15, 0.2) is 4.99 Å². The fourth-order valence-electron chi connectivity index (χ4n) is 5.31. The lowest BCUT2D eigenvalue weighted by Gasteiger charge is -2.49. The fourth-order valence-corrected chi connectivity index (χ4v) is 5.31. The van der Waals surface area contributed by atoms with Gasteiger partial charge in [-0.25, -0.2) is 0 Å². The highest BCUT2D eigenvalue weighted by Gasteiger charge is 2.39. The maximum absolute atomic E-state index is 6.07. The van der Waals surface area contributed by atoms with Crippen LogP contribution in [0.4, 0.5) is 0 Å². The Morgan fingerprint density at radius 3 is 2.32 bits per heavy atom. The van der Waals surface area contributed by atoms with E-state index in [1.165, 1.54) is 90.4 Å². The molecule has 0 aromatic heterocycles. The molecule has 3 aliphatic rings. The number of halogens is 1. The zero-order valence-corrected chi connectivity index (χ0v) is 22.5. The van der Waals surface area contributed by atoms with Gasteiger partial charge in [-0.15, -0.1) is 24.0 Å². The van der Waals surface area contributed by atoms with Crippen LogP contribution in [0.3, 0.4) is 0 Å². The topological polar surface area (TPSA) is 52.1 Å². The van der Waals surface area contributed by atoms with E-state index in [4.69, 9.17) is 9.73 Å². The van der Waals surface area contributed by atoms with E-state index in [-0.39, 0.29) is 29.5 Å². The minimum atomic E-state index is 0. The van der Waals surface area contributed by atoms with E-state index in [0.717, 1.165) is 38.6 Å². The summed E-state index contributed by atoms with van der Waals surface area (Å²) >= 11 is 0. The second-order valence-electron chi connectivity index (χ2n) is 9.68. The molecule has 3 rings (SSSR count). The van der Waals surface area contributed by atoms with Crippen LogP contribution in [0, 0.1) is 0 Å². The van der Waals surface area contributed by atoms with Crippen molar-refractivity contribution >= 4 is 29.9 Å². The van der Waals surface area contributed by atoms with Crippen LogP contribution < -0.4 is 10.6 Å². The van der Waals surface area contributed by atoms with Crippen LogP contribution >= 0.6 is 24.0 Å². The van der Waals surface area contributed by atoms with Gasteiger partial charge in [-0.1, -0.05) is 25.7 Å². The SMILES string of the molecule is CCNC(=NCC1(N2CCCCC2)CCN(C)CC1)NCCCOC1CCCCC1.I. The smallest absolute Gasteiger partial charge is 0.191 e. The molecule has 7 heteroatoms. The highest BCUT2D eigenvalue weighted by molar-refractivity contribution is 14.0. The van der Waals surface area contributed by atoms with Crippen LogP contribution in [0.2, 0.25) is 0 Å². The zero-order chi connectivity index (χ0) is 21.1. The van der Waals surface area contributed by atoms with Crippen molar-refractivity contribution in [2.75, 3.05) is 59.5 Å². The first-order valence-corrected chi connectivity index (χ1v) is 12.8. The number of aliphatic imine (C=N–C) groups is 1. The maximum atomic E-state index is 6.07. The van der Waals surface area contributed by atoms with Crippen LogP contribution in [-0.2, 0) is 4.74 Å². The van der Waals surface area contributed by atoms with Gasteiger partial charge in [0.15, 0.2) is 5.96 Å². The number of likely N-dealkylation sites (tertiary alicyclic amines) is 2. The molecule has 3 fully saturated rings. The fraction of sp³-hybridized carbons (Fsp3) is 0.958. The van der Waals surface area contributed by atoms with Gasteiger partial charge >= 0.3 is 0 Å². The second-order valence-corrected chi connectivity index (χ2v) is 9.68. The maximum Gasteiger partial charge on any atom is 0.191 e. The number of nitrogens with zero attached hydrogens (tertiary/aromatic N) is 3. The summed E-state index contributed by atoms with van der Waals surface area (Å²) in [6, 6.07) is 0. The molecule has 0 aromatic rings. The van der Waals surface area contributed by atoms with Crippen molar-refractivity contribution in [1.82, 2.24) is 20.4 Å². The summed E-state index contributed by atoms with van der Waals surface area (Å²) in [7, 11) is 2.25. The molecular formula is C24H48IN5O. The monoisotopic (exact) mass is 549 g/mol. The first kappa shape index (κ1) is 27.1. The molecule has 0 amide bonds. The summed E-state index contributed by atoms with van der Waals surface area (Å²) in [4.78, 5) is 10.3. The summed E-state index contributed by atoms with van der Waals surface area (Å²) < 4.78 is 6.07. The number of ether oxygens (including phenoxy) is 1. The number of nitrogens with one attached hydrogen (secondary N) is 2. The average Bonchev–Trinajstić information content (AvgIpc) is 2.80. The van der Waals surface area contributed by atoms with Gasteiger partial charge < -0.3 is 20.3 Å². The highest BCUT2D eigenvalue weighted by atomic mass is 127. The van der Waals surface area contributed by atoms with Crippen molar-refractivity contribution in [1.29, 1.82) is 0 Å². The quantitative estimate of drug-likeness (QED) is 0.198. The van der Waals surface area contributed by atoms with E-state index >= 15 is 0 Å². The van der Waals surface area contributed by atoms with Crippen LogP contribution in [-0.4, -0.2) is 86.9 Å². The normalized spacial score (nSPS) is 23.9. The number of hydrogen-bond acceptors (Lipinski definition) is 4. The van der Waals surface area contributed by atoms with Crippen LogP contribution in [0.5, 0.6) is 0 Å². The summed E-state index contributed by atoms with van der Waals surface area (Å²) in [5, 5.41) is 7.02. The molecule has 2 N–H and O–H groups in total. The van der Waals surface area contributed by atoms with Gasteiger partial charge in [0.1, 0.15) is 0 Å². The molecule has 1 aliphatic carbocycles. The van der Waals surface area contributed by atoms with Crippen molar-refractivity contribution in [3.05, 3.63) is 0 Å². The zero-order valence-electron chi connectivity index (χ0n) is 20.2. The van der Waals surface area contributed by atoms with Gasteiger partial charge in [0.25, 0.3) is 0 Å². The van der Waals surface area contributed by atoms with Crippen molar-refractivity contribution in [3.8, 4) is 0 Å². The lowest BCUT2D eigenvalue weighted by atomic mass is 9.84. The Balaban J connectivity index is 0.00000341. The summed E-state index contributed by atoms with van der Waals surface area (Å²) in [5.74, 6) is 0.977. The molecule has 0 bridgehead atoms. The van der Waals surface area contributed by atoms with Gasteiger partial charge in [-0.3, -0.25) is 9.89 Å². The molecule has 0 atom stereocenters. The number of rotatable bonds is 9. The van der Waals surface area contributed by atoms with Crippen LogP contribution in [0.1, 0.15) is 77.6 Å². The molecular weight excluding hydrogens is 501 g/mol. The van der Waals surface area contributed by atoms with E-state index in [1.54, 1.807) is 0 Å². The highest BCUT2D eigenvalue weighted by Crippen LogP contribution is 2.31. The Bertz CT molecular complexity index is 498. The standard InChI is InChI=1S/C24H47N5O.HI/c1-3-25-23(26-15-10-20-30-22-11-6-4-7-12-22)27-21-24(13-18-28(2)19-14-24)29-16-8-5-9-17-29;/h22H,3-21H2,1-2H3,(H2,25,26,27);1H. The lowest BCUT2D eigenvalue weighted by molar-refractivity contribution is 0.0207. The minimum Gasteiger partial charge on any atom is -0.378 e. The largest absolute Gasteiger partial charge is 0.378 e. The number of hydrogen-bond donors (Lipinski definition) is 2. The first-order valence-electron chi connectivity index (χ1n) is 12.8. The molecule has 31 heavy (non-hydrogen) atoms. The Kier molecular flexibility index (Phi) is 13.0. The van der Waals surface area contributed by atoms with Crippen molar-refractivity contribution in [2.45, 2.75) is 89.2 Å². The molecule has 0 aromatic carbocycles. The predicted octanol–water partition coefficient (Wildman–Crippen LogP) is 3.85. The summed E-state index contributed by atoms with van der Waals surface area (Å²) in [5.41, 5.74) is 0.249. The molecule has 2 saturated heterocycles. The summed E-state index contributed by atoms with van der Waals surface area (Å²) in [6.07, 6.45) is 14.7. The Labute approximate surface area is 208 Å². The molecule has 0 spiro atoms. The number of guanidine groups is 1. The predicted molar refractivity (Wildman–Crippen MR) is 142 cm³/mol. The third kappa shape index (κ3) is 8.97. The molecule has 0 unspecified atom stereocenters. The second kappa shape index (κ2) is 14.9. The first-order chi connectivity index (χ1) is 14.7. The van der Waals surface area contributed by atoms with E-state index in [2.05, 4.69) is 34.4 Å². The van der Waals surface area contributed by atoms with Gasteiger partial charge in [-0.05, 0) is 85.1 Å². The number of piperidine rings is 2. The van der Waals surface area contributed by atoms with Gasteiger partial charge in [0.2, 0.25) is 0 Å².